The molecule has 8 heteroatoms. The second-order valence-corrected chi connectivity index (χ2v) is 12.9. The van der Waals surface area contributed by atoms with Gasteiger partial charge in [0, 0.05) is 21.4 Å². The molecule has 0 saturated heterocycles. The summed E-state index contributed by atoms with van der Waals surface area (Å²) in [5.74, 6) is 0. The molecule has 182 valence electrons. The van der Waals surface area contributed by atoms with Crippen LogP contribution in [0.1, 0.15) is 22.3 Å². The van der Waals surface area contributed by atoms with Gasteiger partial charge in [0.2, 0.25) is 0 Å². The Morgan fingerprint density at radius 1 is 0.444 bits per heavy atom. The molecule has 36 heavy (non-hydrogen) atoms. The molecule has 0 N–H and O–H groups in total. The Kier molecular flexibility index (Phi) is 7.81. The number of hydrogen-bond acceptors (Lipinski definition) is 4. The molecule has 4 aromatic rings. The fraction of sp³-hybridized carbons (Fsp3) is 0. The maximum absolute atomic E-state index is 11.8. The highest BCUT2D eigenvalue weighted by molar-refractivity contribution is 8.14. The molecule has 0 aromatic heterocycles. The third kappa shape index (κ3) is 6.53. The van der Waals surface area contributed by atoms with E-state index in [4.69, 9.17) is 21.4 Å². The maximum Gasteiger partial charge on any atom is 0.261 e. The monoisotopic (exact) mass is 554 g/mol. The van der Waals surface area contributed by atoms with Crippen molar-refractivity contribution in [2.45, 2.75) is 9.79 Å². The van der Waals surface area contributed by atoms with Gasteiger partial charge in [-0.2, -0.15) is 0 Å². The van der Waals surface area contributed by atoms with Gasteiger partial charge in [-0.05, 0) is 45.5 Å². The van der Waals surface area contributed by atoms with Crippen molar-refractivity contribution in [1.82, 2.24) is 0 Å². The van der Waals surface area contributed by atoms with Crippen LogP contribution in [0.25, 0.3) is 35.4 Å². The Morgan fingerprint density at radius 2 is 0.778 bits per heavy atom. The van der Waals surface area contributed by atoms with E-state index < -0.39 is 18.1 Å². The van der Waals surface area contributed by atoms with Crippen molar-refractivity contribution in [3.05, 3.63) is 119 Å². The highest BCUT2D eigenvalue weighted by atomic mass is 35.7. The molecule has 0 aliphatic carbocycles. The highest BCUT2D eigenvalue weighted by Gasteiger charge is 2.13. The van der Waals surface area contributed by atoms with E-state index in [-0.39, 0.29) is 9.79 Å². The van der Waals surface area contributed by atoms with Crippen molar-refractivity contribution in [2.75, 3.05) is 0 Å². The van der Waals surface area contributed by atoms with Crippen LogP contribution in [-0.2, 0) is 18.1 Å². The zero-order valence-corrected chi connectivity index (χ0v) is 21.9. The fourth-order valence-corrected chi connectivity index (χ4v) is 5.79. The van der Waals surface area contributed by atoms with E-state index in [1.165, 1.54) is 12.1 Å². The van der Waals surface area contributed by atoms with Crippen molar-refractivity contribution in [2.24, 2.45) is 0 Å². The Bertz CT molecular complexity index is 1530. The molecule has 0 fully saturated rings. The molecule has 4 rings (SSSR count). The van der Waals surface area contributed by atoms with Crippen molar-refractivity contribution >= 4 is 63.8 Å². The minimum absolute atomic E-state index is 0.0708. The van der Waals surface area contributed by atoms with E-state index in [1.54, 1.807) is 48.6 Å². The van der Waals surface area contributed by atoms with E-state index in [0.717, 1.165) is 22.3 Å². The molecule has 0 unspecified atom stereocenters. The van der Waals surface area contributed by atoms with Crippen molar-refractivity contribution in [3.63, 3.8) is 0 Å². The summed E-state index contributed by atoms with van der Waals surface area (Å²) in [6.07, 6.45) is 7.10. The maximum atomic E-state index is 11.8. The molecule has 0 bridgehead atoms. The van der Waals surface area contributed by atoms with Gasteiger partial charge in [-0.15, -0.1) is 0 Å². The minimum Gasteiger partial charge on any atom is -0.207 e. The largest absolute Gasteiger partial charge is 0.261 e. The van der Waals surface area contributed by atoms with E-state index in [0.29, 0.717) is 11.1 Å². The van der Waals surface area contributed by atoms with Crippen LogP contribution in [0.3, 0.4) is 0 Å². The molecular formula is C28H20Cl2O4S2. The molecule has 0 heterocycles. The molecule has 4 aromatic carbocycles. The van der Waals surface area contributed by atoms with Crippen molar-refractivity contribution in [3.8, 4) is 11.1 Å². The third-order valence-corrected chi connectivity index (χ3v) is 8.22. The van der Waals surface area contributed by atoms with Crippen LogP contribution < -0.4 is 0 Å². The standard InChI is InChI=1S/C28H20Cl2O4S2/c29-35(31,32)27-7-3-1-5-25(27)19-13-21-9-15-23(16-10-21)24-17-11-22(12-18-24)14-20-26-6-2-4-8-28(26)36(30,33)34/h1-20H. The first-order chi connectivity index (χ1) is 17.1. The normalized spacial score (nSPS) is 12.4. The summed E-state index contributed by atoms with van der Waals surface area (Å²) in [4.78, 5) is 0.142. The number of halogens is 2. The van der Waals surface area contributed by atoms with Gasteiger partial charge >= 0.3 is 0 Å². The van der Waals surface area contributed by atoms with Crippen molar-refractivity contribution < 1.29 is 16.8 Å². The van der Waals surface area contributed by atoms with E-state index in [2.05, 4.69) is 0 Å². The molecule has 0 aliphatic rings. The Hall–Kier alpha value is -3.16. The number of hydrogen-bond donors (Lipinski definition) is 0. The number of benzene rings is 4. The Morgan fingerprint density at radius 3 is 1.11 bits per heavy atom. The lowest BCUT2D eigenvalue weighted by atomic mass is 10.0. The van der Waals surface area contributed by atoms with Crippen LogP contribution in [-0.4, -0.2) is 16.8 Å². The van der Waals surface area contributed by atoms with Crippen LogP contribution in [0.5, 0.6) is 0 Å². The molecular weight excluding hydrogens is 535 g/mol. The van der Waals surface area contributed by atoms with Gasteiger partial charge in [0.1, 0.15) is 0 Å². The lowest BCUT2D eigenvalue weighted by Gasteiger charge is -2.05. The van der Waals surface area contributed by atoms with Gasteiger partial charge in [0.25, 0.3) is 18.1 Å². The third-order valence-electron chi connectivity index (χ3n) is 5.43. The average Bonchev–Trinajstić information content (AvgIpc) is 2.86. The first-order valence-corrected chi connectivity index (χ1v) is 15.4. The lowest BCUT2D eigenvalue weighted by molar-refractivity contribution is 0.607. The van der Waals surface area contributed by atoms with E-state index in [9.17, 15) is 16.8 Å². The summed E-state index contributed by atoms with van der Waals surface area (Å²) in [7, 11) is 3.39. The van der Waals surface area contributed by atoms with Crippen LogP contribution in [0.15, 0.2) is 107 Å². The fourth-order valence-electron chi connectivity index (χ4n) is 3.63. The summed E-state index contributed by atoms with van der Waals surface area (Å²) in [5, 5.41) is 0. The van der Waals surface area contributed by atoms with Gasteiger partial charge in [0.05, 0.1) is 9.79 Å². The minimum atomic E-state index is -3.83. The molecule has 0 spiro atoms. The smallest absolute Gasteiger partial charge is 0.207 e. The van der Waals surface area contributed by atoms with E-state index in [1.807, 2.05) is 60.7 Å². The summed E-state index contributed by atoms with van der Waals surface area (Å²) in [5.41, 5.74) is 4.90. The SMILES string of the molecule is O=S(=O)(Cl)c1ccccc1C=Cc1ccc(-c2ccc(C=Cc3ccccc3S(=O)(=O)Cl)cc2)cc1. The van der Waals surface area contributed by atoms with Crippen LogP contribution in [0, 0.1) is 0 Å². The Balaban J connectivity index is 1.49. The first-order valence-electron chi connectivity index (χ1n) is 10.8. The van der Waals surface area contributed by atoms with Gasteiger partial charge in [-0.25, -0.2) is 16.8 Å². The Labute approximate surface area is 220 Å². The van der Waals surface area contributed by atoms with Crippen molar-refractivity contribution in [1.29, 1.82) is 0 Å². The van der Waals surface area contributed by atoms with Gasteiger partial charge in [-0.1, -0.05) is 109 Å². The van der Waals surface area contributed by atoms with Gasteiger partial charge < -0.3 is 0 Å². The second-order valence-electron chi connectivity index (χ2n) is 7.86. The molecule has 0 amide bonds. The molecule has 0 atom stereocenters. The summed E-state index contributed by atoms with van der Waals surface area (Å²) < 4.78 is 47.0. The number of rotatable bonds is 7. The summed E-state index contributed by atoms with van der Waals surface area (Å²) in [6.45, 7) is 0. The molecule has 4 nitrogen and oxygen atoms in total. The summed E-state index contributed by atoms with van der Waals surface area (Å²) in [6, 6.07) is 28.8. The molecule has 0 radical (unpaired) electrons. The zero-order chi connectivity index (χ0) is 25.8. The highest BCUT2D eigenvalue weighted by Crippen LogP contribution is 2.25. The zero-order valence-electron chi connectivity index (χ0n) is 18.8. The molecule has 0 saturated carbocycles. The van der Waals surface area contributed by atoms with Crippen LogP contribution >= 0.6 is 21.4 Å². The summed E-state index contributed by atoms with van der Waals surface area (Å²) >= 11 is 0. The van der Waals surface area contributed by atoms with Gasteiger partial charge in [-0.3, -0.25) is 0 Å². The second kappa shape index (κ2) is 10.8. The van der Waals surface area contributed by atoms with Crippen LogP contribution in [0.2, 0.25) is 0 Å². The topological polar surface area (TPSA) is 68.3 Å². The van der Waals surface area contributed by atoms with Gasteiger partial charge in [0.15, 0.2) is 0 Å². The predicted molar refractivity (Wildman–Crippen MR) is 149 cm³/mol. The average molecular weight is 556 g/mol. The first kappa shape index (κ1) is 25.9. The predicted octanol–water partition coefficient (Wildman–Crippen LogP) is 7.55. The van der Waals surface area contributed by atoms with Crippen LogP contribution in [0.4, 0.5) is 0 Å². The van der Waals surface area contributed by atoms with E-state index >= 15 is 0 Å². The molecule has 0 aliphatic heterocycles. The quantitative estimate of drug-likeness (QED) is 0.174. The lowest BCUT2D eigenvalue weighted by Crippen LogP contribution is -1.93.